The van der Waals surface area contributed by atoms with Crippen LogP contribution in [0.25, 0.3) is 11.0 Å². The number of H-pyrrole nitrogens is 1. The van der Waals surface area contributed by atoms with E-state index in [0.29, 0.717) is 11.0 Å². The van der Waals surface area contributed by atoms with Crippen molar-refractivity contribution in [2.75, 3.05) is 13.1 Å². The predicted octanol–water partition coefficient (Wildman–Crippen LogP) is 0.312. The molecule has 6 nitrogen and oxygen atoms in total. The Kier molecular flexibility index (Phi) is 3.14. The van der Waals surface area contributed by atoms with Gasteiger partial charge in [0.15, 0.2) is 0 Å². The van der Waals surface area contributed by atoms with Crippen LogP contribution in [0.4, 0.5) is 0 Å². The van der Waals surface area contributed by atoms with Crippen molar-refractivity contribution in [3.63, 3.8) is 0 Å². The molecule has 1 fully saturated rings. The Bertz CT molecular complexity index is 769. The first-order chi connectivity index (χ1) is 9.66. The highest BCUT2D eigenvalue weighted by Crippen LogP contribution is 2.10. The molecule has 0 spiro atoms. The van der Waals surface area contributed by atoms with E-state index in [9.17, 15) is 14.4 Å². The van der Waals surface area contributed by atoms with Gasteiger partial charge in [0.25, 0.3) is 0 Å². The van der Waals surface area contributed by atoms with Crippen LogP contribution in [0, 0.1) is 0 Å². The lowest BCUT2D eigenvalue weighted by Gasteiger charge is -2.16. The molecule has 1 aliphatic rings. The second-order valence-electron chi connectivity index (χ2n) is 4.95. The summed E-state index contributed by atoms with van der Waals surface area (Å²) in [6.45, 7) is 1.38. The quantitative estimate of drug-likeness (QED) is 0.800. The summed E-state index contributed by atoms with van der Waals surface area (Å²) in [7, 11) is 0. The van der Waals surface area contributed by atoms with Gasteiger partial charge in [-0.3, -0.25) is 19.0 Å². The Balaban J connectivity index is 2.06. The smallest absolute Gasteiger partial charge is 0.317 e. The Hall–Kier alpha value is -2.37. The lowest BCUT2D eigenvalue weighted by atomic mass is 10.3. The van der Waals surface area contributed by atoms with Gasteiger partial charge < -0.3 is 9.88 Å². The van der Waals surface area contributed by atoms with Gasteiger partial charge in [-0.15, -0.1) is 0 Å². The van der Waals surface area contributed by atoms with Crippen LogP contribution in [0.15, 0.2) is 33.9 Å². The molecule has 6 heteroatoms. The summed E-state index contributed by atoms with van der Waals surface area (Å²) < 4.78 is 1.26. The van der Waals surface area contributed by atoms with E-state index in [2.05, 4.69) is 4.98 Å². The molecule has 3 rings (SSSR count). The van der Waals surface area contributed by atoms with E-state index in [1.807, 2.05) is 0 Å². The van der Waals surface area contributed by atoms with Crippen LogP contribution in [-0.4, -0.2) is 33.4 Å². The highest BCUT2D eigenvalue weighted by atomic mass is 16.2. The van der Waals surface area contributed by atoms with Gasteiger partial charge in [0.1, 0.15) is 6.54 Å². The van der Waals surface area contributed by atoms with Crippen molar-refractivity contribution < 1.29 is 4.79 Å². The Labute approximate surface area is 114 Å². The third-order valence-electron chi connectivity index (χ3n) is 3.63. The van der Waals surface area contributed by atoms with Crippen molar-refractivity contribution in [3.8, 4) is 0 Å². The van der Waals surface area contributed by atoms with Gasteiger partial charge in [-0.05, 0) is 25.0 Å². The summed E-state index contributed by atoms with van der Waals surface area (Å²) in [5, 5.41) is 0. The number of nitrogens with one attached hydrogen (secondary N) is 1. The highest BCUT2D eigenvalue weighted by molar-refractivity contribution is 5.80. The molecule has 0 unspecified atom stereocenters. The van der Waals surface area contributed by atoms with Crippen molar-refractivity contribution in [1.29, 1.82) is 0 Å². The van der Waals surface area contributed by atoms with Crippen molar-refractivity contribution in [1.82, 2.24) is 14.5 Å². The van der Waals surface area contributed by atoms with Gasteiger partial charge in [0, 0.05) is 13.1 Å². The third-order valence-corrected chi connectivity index (χ3v) is 3.63. The van der Waals surface area contributed by atoms with E-state index in [4.69, 9.17) is 0 Å². The molecule has 104 valence electrons. The number of para-hydroxylation sites is 2. The van der Waals surface area contributed by atoms with Crippen molar-refractivity contribution in [3.05, 3.63) is 45.0 Å². The fraction of sp³-hybridized carbons (Fsp3) is 0.357. The molecule has 0 saturated carbocycles. The molecular formula is C14H15N3O3. The fourth-order valence-corrected chi connectivity index (χ4v) is 2.58. The highest BCUT2D eigenvalue weighted by Gasteiger charge is 2.19. The second kappa shape index (κ2) is 4.96. The number of benzene rings is 1. The number of carbonyl (C=O) groups excluding carboxylic acids is 1. The molecule has 2 heterocycles. The predicted molar refractivity (Wildman–Crippen MR) is 74.6 cm³/mol. The van der Waals surface area contributed by atoms with Crippen LogP contribution in [0.2, 0.25) is 0 Å². The number of carbonyl (C=O) groups is 1. The Morgan fingerprint density at radius 1 is 1.15 bits per heavy atom. The van der Waals surface area contributed by atoms with E-state index >= 15 is 0 Å². The SMILES string of the molecule is O=C(Cn1c(=O)c(=O)[nH]c2ccccc21)N1CCCC1. The van der Waals surface area contributed by atoms with E-state index in [-0.39, 0.29) is 12.5 Å². The van der Waals surface area contributed by atoms with E-state index in [0.717, 1.165) is 25.9 Å². The molecule has 0 aliphatic carbocycles. The molecule has 0 atom stereocenters. The molecule has 1 amide bonds. The number of likely N-dealkylation sites (tertiary alicyclic amines) is 1. The topological polar surface area (TPSA) is 75.2 Å². The van der Waals surface area contributed by atoms with Crippen LogP contribution in [0.5, 0.6) is 0 Å². The van der Waals surface area contributed by atoms with Crippen LogP contribution in [0.3, 0.4) is 0 Å². The van der Waals surface area contributed by atoms with Crippen molar-refractivity contribution >= 4 is 16.9 Å². The van der Waals surface area contributed by atoms with Gasteiger partial charge in [-0.2, -0.15) is 0 Å². The molecular weight excluding hydrogens is 258 g/mol. The lowest BCUT2D eigenvalue weighted by molar-refractivity contribution is -0.130. The maximum absolute atomic E-state index is 12.2. The molecule has 1 saturated heterocycles. The molecule has 20 heavy (non-hydrogen) atoms. The zero-order chi connectivity index (χ0) is 14.1. The zero-order valence-electron chi connectivity index (χ0n) is 11.0. The second-order valence-corrected chi connectivity index (χ2v) is 4.95. The molecule has 1 aromatic heterocycles. The maximum Gasteiger partial charge on any atom is 0.317 e. The summed E-state index contributed by atoms with van der Waals surface area (Å²) in [5.41, 5.74) is -0.245. The van der Waals surface area contributed by atoms with Crippen LogP contribution < -0.4 is 11.1 Å². The van der Waals surface area contributed by atoms with E-state index < -0.39 is 11.1 Å². The Morgan fingerprint density at radius 2 is 1.85 bits per heavy atom. The normalized spacial score (nSPS) is 14.9. The summed E-state index contributed by atoms with van der Waals surface area (Å²) in [6.07, 6.45) is 1.99. The molecule has 1 aliphatic heterocycles. The summed E-state index contributed by atoms with van der Waals surface area (Å²) in [5.74, 6) is -0.111. The number of nitrogens with zero attached hydrogens (tertiary/aromatic N) is 2. The number of aromatic amines is 1. The minimum absolute atomic E-state index is 0.0801. The number of fused-ring (bicyclic) bond motifs is 1. The standard InChI is InChI=1S/C14H15N3O3/c18-12(16-7-3-4-8-16)9-17-11-6-2-1-5-10(11)15-13(19)14(17)20/h1-2,5-6H,3-4,7-9H2,(H,15,19). The minimum Gasteiger partial charge on any atom is -0.341 e. The van der Waals surface area contributed by atoms with Gasteiger partial charge in [-0.25, -0.2) is 0 Å². The molecule has 1 aromatic carbocycles. The number of hydrogen-bond acceptors (Lipinski definition) is 3. The molecule has 2 aromatic rings. The Morgan fingerprint density at radius 3 is 2.60 bits per heavy atom. The first kappa shape index (κ1) is 12.7. The monoisotopic (exact) mass is 273 g/mol. The van der Waals surface area contributed by atoms with Crippen LogP contribution >= 0.6 is 0 Å². The van der Waals surface area contributed by atoms with Gasteiger partial charge in [0.2, 0.25) is 5.91 Å². The average molecular weight is 273 g/mol. The van der Waals surface area contributed by atoms with E-state index in [1.165, 1.54) is 4.57 Å². The zero-order valence-corrected chi connectivity index (χ0v) is 11.0. The average Bonchev–Trinajstić information content (AvgIpc) is 2.98. The fourth-order valence-electron chi connectivity index (χ4n) is 2.58. The van der Waals surface area contributed by atoms with Crippen LogP contribution in [0.1, 0.15) is 12.8 Å². The largest absolute Gasteiger partial charge is 0.341 e. The maximum atomic E-state index is 12.2. The number of rotatable bonds is 2. The summed E-state index contributed by atoms with van der Waals surface area (Å²) in [6, 6.07) is 6.99. The first-order valence-corrected chi connectivity index (χ1v) is 6.66. The van der Waals surface area contributed by atoms with Gasteiger partial charge in [-0.1, -0.05) is 12.1 Å². The van der Waals surface area contributed by atoms with Crippen molar-refractivity contribution in [2.45, 2.75) is 19.4 Å². The molecule has 1 N–H and O–H groups in total. The van der Waals surface area contributed by atoms with Crippen molar-refractivity contribution in [2.24, 2.45) is 0 Å². The van der Waals surface area contributed by atoms with Gasteiger partial charge >= 0.3 is 11.1 Å². The lowest BCUT2D eigenvalue weighted by Crippen LogP contribution is -2.41. The summed E-state index contributed by atoms with van der Waals surface area (Å²) in [4.78, 5) is 40.1. The van der Waals surface area contributed by atoms with E-state index in [1.54, 1.807) is 29.2 Å². The van der Waals surface area contributed by atoms with Gasteiger partial charge in [0.05, 0.1) is 11.0 Å². The number of hydrogen-bond donors (Lipinski definition) is 1. The number of aromatic nitrogens is 2. The van der Waals surface area contributed by atoms with Crippen LogP contribution in [-0.2, 0) is 11.3 Å². The third kappa shape index (κ3) is 2.13. The molecule has 0 bridgehead atoms. The first-order valence-electron chi connectivity index (χ1n) is 6.66. The molecule has 0 radical (unpaired) electrons. The number of amides is 1. The minimum atomic E-state index is -0.696. The summed E-state index contributed by atoms with van der Waals surface area (Å²) >= 11 is 0.